The highest BCUT2D eigenvalue weighted by atomic mass is 16.4. The number of rotatable bonds is 5. The SMILES string of the molecule is Cc1[nH]c(C(=O)O)c(C)c1C(=O)NCCN1CCCCC1. The van der Waals surface area contributed by atoms with E-state index in [9.17, 15) is 9.59 Å². The summed E-state index contributed by atoms with van der Waals surface area (Å²) in [4.78, 5) is 28.4. The fourth-order valence-corrected chi connectivity index (χ4v) is 2.90. The van der Waals surface area contributed by atoms with Gasteiger partial charge in [0.2, 0.25) is 0 Å². The van der Waals surface area contributed by atoms with Gasteiger partial charge in [-0.1, -0.05) is 6.42 Å². The molecule has 0 spiro atoms. The average Bonchev–Trinajstić information content (AvgIpc) is 2.75. The standard InChI is InChI=1S/C15H23N3O3/c1-10-12(11(2)17-13(10)15(20)21)14(19)16-6-9-18-7-4-3-5-8-18/h17H,3-9H2,1-2H3,(H,16,19)(H,20,21). The van der Waals surface area contributed by atoms with Crippen molar-refractivity contribution in [1.29, 1.82) is 0 Å². The number of hydrogen-bond acceptors (Lipinski definition) is 3. The molecular formula is C15H23N3O3. The Morgan fingerprint density at radius 2 is 1.90 bits per heavy atom. The highest BCUT2D eigenvalue weighted by molar-refractivity contribution is 6.00. The summed E-state index contributed by atoms with van der Waals surface area (Å²) >= 11 is 0. The van der Waals surface area contributed by atoms with Gasteiger partial charge in [0.1, 0.15) is 5.69 Å². The van der Waals surface area contributed by atoms with Gasteiger partial charge in [0.05, 0.1) is 5.56 Å². The number of carboxylic acids is 1. The summed E-state index contributed by atoms with van der Waals surface area (Å²) in [6.45, 7) is 7.01. The van der Waals surface area contributed by atoms with Gasteiger partial charge in [-0.15, -0.1) is 0 Å². The highest BCUT2D eigenvalue weighted by Crippen LogP contribution is 2.17. The van der Waals surface area contributed by atoms with E-state index in [0.717, 1.165) is 19.6 Å². The molecule has 1 fully saturated rings. The lowest BCUT2D eigenvalue weighted by Crippen LogP contribution is -2.37. The number of piperidine rings is 1. The Kier molecular flexibility index (Phi) is 5.01. The first-order valence-electron chi connectivity index (χ1n) is 7.43. The Hall–Kier alpha value is -1.82. The normalized spacial score (nSPS) is 15.9. The van der Waals surface area contributed by atoms with Crippen LogP contribution in [0.4, 0.5) is 0 Å². The zero-order chi connectivity index (χ0) is 15.4. The molecule has 0 unspecified atom stereocenters. The van der Waals surface area contributed by atoms with Crippen LogP contribution in [0.25, 0.3) is 0 Å². The van der Waals surface area contributed by atoms with E-state index in [4.69, 9.17) is 5.11 Å². The smallest absolute Gasteiger partial charge is 0.352 e. The molecule has 116 valence electrons. The molecule has 1 aliphatic rings. The topological polar surface area (TPSA) is 85.4 Å². The highest BCUT2D eigenvalue weighted by Gasteiger charge is 2.21. The number of carboxylic acid groups (broad SMARTS) is 1. The fourth-order valence-electron chi connectivity index (χ4n) is 2.90. The minimum atomic E-state index is -1.04. The number of nitrogens with zero attached hydrogens (tertiary/aromatic N) is 1. The van der Waals surface area contributed by atoms with Crippen molar-refractivity contribution in [2.75, 3.05) is 26.2 Å². The molecule has 1 amide bonds. The van der Waals surface area contributed by atoms with Crippen LogP contribution in [-0.2, 0) is 0 Å². The number of hydrogen-bond donors (Lipinski definition) is 3. The molecule has 0 saturated carbocycles. The Balaban J connectivity index is 1.92. The van der Waals surface area contributed by atoms with Crippen molar-refractivity contribution in [3.8, 4) is 0 Å². The van der Waals surface area contributed by atoms with Crippen LogP contribution < -0.4 is 5.32 Å². The van der Waals surface area contributed by atoms with Crippen LogP contribution in [0.5, 0.6) is 0 Å². The molecule has 0 bridgehead atoms. The summed E-state index contributed by atoms with van der Waals surface area (Å²) < 4.78 is 0. The van der Waals surface area contributed by atoms with Crippen molar-refractivity contribution in [2.24, 2.45) is 0 Å². The number of nitrogens with one attached hydrogen (secondary N) is 2. The Morgan fingerprint density at radius 1 is 1.24 bits per heavy atom. The molecule has 0 radical (unpaired) electrons. The van der Waals surface area contributed by atoms with Crippen LogP contribution in [0.15, 0.2) is 0 Å². The molecule has 1 aromatic rings. The number of aromatic amines is 1. The molecule has 2 heterocycles. The van der Waals surface area contributed by atoms with Gasteiger partial charge in [0.25, 0.3) is 5.91 Å². The van der Waals surface area contributed by atoms with Crippen LogP contribution in [0.2, 0.25) is 0 Å². The van der Waals surface area contributed by atoms with Gasteiger partial charge >= 0.3 is 5.97 Å². The predicted octanol–water partition coefficient (Wildman–Crippen LogP) is 1.55. The maximum absolute atomic E-state index is 12.2. The largest absolute Gasteiger partial charge is 0.477 e. The molecule has 21 heavy (non-hydrogen) atoms. The molecule has 1 saturated heterocycles. The van der Waals surface area contributed by atoms with Crippen molar-refractivity contribution in [1.82, 2.24) is 15.2 Å². The molecule has 0 atom stereocenters. The van der Waals surface area contributed by atoms with Gasteiger partial charge in [-0.25, -0.2) is 4.79 Å². The molecular weight excluding hydrogens is 270 g/mol. The Labute approximate surface area is 124 Å². The molecule has 0 aromatic carbocycles. The minimum Gasteiger partial charge on any atom is -0.477 e. The maximum atomic E-state index is 12.2. The van der Waals surface area contributed by atoms with Gasteiger partial charge < -0.3 is 20.3 Å². The van der Waals surface area contributed by atoms with Gasteiger partial charge in [0.15, 0.2) is 0 Å². The van der Waals surface area contributed by atoms with E-state index in [1.54, 1.807) is 13.8 Å². The van der Waals surface area contributed by atoms with Gasteiger partial charge in [-0.3, -0.25) is 4.79 Å². The van der Waals surface area contributed by atoms with E-state index in [0.29, 0.717) is 23.4 Å². The molecule has 1 aliphatic heterocycles. The number of aromatic carboxylic acids is 1. The van der Waals surface area contributed by atoms with E-state index in [1.165, 1.54) is 19.3 Å². The van der Waals surface area contributed by atoms with E-state index in [2.05, 4.69) is 15.2 Å². The number of H-pyrrole nitrogens is 1. The third kappa shape index (κ3) is 3.64. The first-order chi connectivity index (χ1) is 10.0. The Morgan fingerprint density at radius 3 is 2.48 bits per heavy atom. The molecule has 1 aromatic heterocycles. The molecule has 6 nitrogen and oxygen atoms in total. The number of amides is 1. The molecule has 6 heteroatoms. The number of likely N-dealkylation sites (tertiary alicyclic amines) is 1. The van der Waals surface area contributed by atoms with E-state index in [-0.39, 0.29) is 11.6 Å². The van der Waals surface area contributed by atoms with Crippen molar-refractivity contribution in [2.45, 2.75) is 33.1 Å². The summed E-state index contributed by atoms with van der Waals surface area (Å²) in [5.74, 6) is -1.24. The van der Waals surface area contributed by atoms with Gasteiger partial charge in [-0.2, -0.15) is 0 Å². The zero-order valence-corrected chi connectivity index (χ0v) is 12.7. The van der Waals surface area contributed by atoms with Crippen LogP contribution >= 0.6 is 0 Å². The van der Waals surface area contributed by atoms with Gasteiger partial charge in [-0.05, 0) is 45.3 Å². The quantitative estimate of drug-likeness (QED) is 0.769. The predicted molar refractivity (Wildman–Crippen MR) is 79.9 cm³/mol. The second-order valence-corrected chi connectivity index (χ2v) is 5.59. The molecule has 0 aliphatic carbocycles. The second kappa shape index (κ2) is 6.76. The average molecular weight is 293 g/mol. The molecule has 2 rings (SSSR count). The maximum Gasteiger partial charge on any atom is 0.352 e. The third-order valence-electron chi connectivity index (χ3n) is 4.04. The first kappa shape index (κ1) is 15.6. The lowest BCUT2D eigenvalue weighted by molar-refractivity contribution is 0.0690. The van der Waals surface area contributed by atoms with E-state index in [1.807, 2.05) is 0 Å². The summed E-state index contributed by atoms with van der Waals surface area (Å²) in [5.41, 5.74) is 1.63. The lowest BCUT2D eigenvalue weighted by atomic mass is 10.1. The van der Waals surface area contributed by atoms with Crippen LogP contribution in [0, 0.1) is 13.8 Å². The second-order valence-electron chi connectivity index (χ2n) is 5.59. The number of aromatic nitrogens is 1. The summed E-state index contributed by atoms with van der Waals surface area (Å²) in [7, 11) is 0. The fraction of sp³-hybridized carbons (Fsp3) is 0.600. The molecule has 3 N–H and O–H groups in total. The van der Waals surface area contributed by atoms with Crippen LogP contribution in [0.1, 0.15) is 51.4 Å². The van der Waals surface area contributed by atoms with Crippen LogP contribution in [0.3, 0.4) is 0 Å². The monoisotopic (exact) mass is 293 g/mol. The van der Waals surface area contributed by atoms with Crippen molar-refractivity contribution >= 4 is 11.9 Å². The number of aryl methyl sites for hydroxylation is 1. The van der Waals surface area contributed by atoms with Crippen molar-refractivity contribution in [3.05, 3.63) is 22.5 Å². The first-order valence-corrected chi connectivity index (χ1v) is 7.43. The van der Waals surface area contributed by atoms with Gasteiger partial charge in [0, 0.05) is 18.8 Å². The minimum absolute atomic E-state index is 0.0914. The Bertz CT molecular complexity index is 531. The number of carbonyl (C=O) groups is 2. The van der Waals surface area contributed by atoms with E-state index >= 15 is 0 Å². The van der Waals surface area contributed by atoms with Crippen molar-refractivity contribution < 1.29 is 14.7 Å². The van der Waals surface area contributed by atoms with Crippen molar-refractivity contribution in [3.63, 3.8) is 0 Å². The summed E-state index contributed by atoms with van der Waals surface area (Å²) in [5, 5.41) is 11.9. The zero-order valence-electron chi connectivity index (χ0n) is 12.7. The number of carbonyl (C=O) groups excluding carboxylic acids is 1. The lowest BCUT2D eigenvalue weighted by Gasteiger charge is -2.26. The third-order valence-corrected chi connectivity index (χ3v) is 4.04. The summed E-state index contributed by atoms with van der Waals surface area (Å²) in [6.07, 6.45) is 3.75. The van der Waals surface area contributed by atoms with Crippen LogP contribution in [-0.4, -0.2) is 53.0 Å². The van der Waals surface area contributed by atoms with E-state index < -0.39 is 5.97 Å². The summed E-state index contributed by atoms with van der Waals surface area (Å²) in [6, 6.07) is 0.